The molecule has 0 aliphatic heterocycles. The Kier molecular flexibility index (Phi) is 24.4. The molecule has 0 radical (unpaired) electrons. The fraction of sp³-hybridized carbons (Fsp3) is 1.00. The van der Waals surface area contributed by atoms with Crippen molar-refractivity contribution in [3.63, 3.8) is 0 Å². The molecule has 0 bridgehead atoms. The molecule has 15 heavy (non-hydrogen) atoms. The molecule has 0 saturated heterocycles. The zero-order valence-electron chi connectivity index (χ0n) is 9.19. The monoisotopic (exact) mass is 300 g/mol. The minimum absolute atomic E-state index is 0. The number of hydrogen-bond acceptors (Lipinski definition) is 4. The van der Waals surface area contributed by atoms with Crippen LogP contribution >= 0.6 is 16.1 Å². The van der Waals surface area contributed by atoms with Crippen molar-refractivity contribution in [1.82, 2.24) is 0 Å². The van der Waals surface area contributed by atoms with Crippen LogP contribution in [0.25, 0.3) is 0 Å². The first-order valence-electron chi connectivity index (χ1n) is 4.94. The van der Waals surface area contributed by atoms with Crippen LogP contribution in [0.2, 0.25) is 0 Å². The molecule has 0 saturated carbocycles. The van der Waals surface area contributed by atoms with Gasteiger partial charge in [-0.15, -0.1) is 0 Å². The summed E-state index contributed by atoms with van der Waals surface area (Å²) in [6, 6.07) is 0. The van der Waals surface area contributed by atoms with Crippen molar-refractivity contribution in [2.45, 2.75) is 39.5 Å². The maximum absolute atomic E-state index is 9.83. The van der Waals surface area contributed by atoms with Crippen molar-refractivity contribution in [2.75, 3.05) is 12.3 Å². The van der Waals surface area contributed by atoms with Crippen molar-refractivity contribution in [1.29, 1.82) is 0 Å². The van der Waals surface area contributed by atoms with Crippen molar-refractivity contribution >= 4 is 16.1 Å². The summed E-state index contributed by atoms with van der Waals surface area (Å²) in [7, 11) is -4.79. The summed E-state index contributed by atoms with van der Waals surface area (Å²) >= 11 is 0. The van der Waals surface area contributed by atoms with Crippen LogP contribution in [0.1, 0.15) is 39.5 Å². The predicted octanol–water partition coefficient (Wildman–Crippen LogP) is 1.24. The Hall–Kier alpha value is 0.874. The van der Waals surface area contributed by atoms with Crippen LogP contribution in [0.4, 0.5) is 0 Å². The van der Waals surface area contributed by atoms with E-state index in [-0.39, 0.29) is 16.5 Å². The smallest absolute Gasteiger partial charge is 0.802 e. The Morgan fingerprint density at radius 2 is 1.13 bits per heavy atom. The molecule has 0 aromatic heterocycles. The zero-order valence-corrected chi connectivity index (χ0v) is 12.2. The van der Waals surface area contributed by atoms with E-state index in [2.05, 4.69) is 0 Å². The first kappa shape index (κ1) is 21.2. The molecular weight excluding hydrogens is 281 g/mol. The third-order valence-corrected chi connectivity index (χ3v) is 2.99. The van der Waals surface area contributed by atoms with Gasteiger partial charge >= 0.3 is 16.5 Å². The van der Waals surface area contributed by atoms with Gasteiger partial charge in [0.15, 0.2) is 0 Å². The van der Waals surface area contributed by atoms with E-state index in [9.17, 15) is 18.9 Å². The average Bonchev–Trinajstić information content (AvgIpc) is 2.12. The summed E-state index contributed by atoms with van der Waals surface area (Å²) < 4.78 is 19.7. The minimum atomic E-state index is -2.40. The van der Waals surface area contributed by atoms with Crippen molar-refractivity contribution < 1.29 is 35.4 Å². The standard InChI is InChI=1S/2C4H11O2P.Ni/c2*1-2-3-4-7(5)6;/h2*7H,2-4H2,1H3,(H,5,6);/q;;+2/p-2. The van der Waals surface area contributed by atoms with Crippen LogP contribution in [-0.2, 0) is 25.6 Å². The van der Waals surface area contributed by atoms with Gasteiger partial charge in [-0.25, -0.2) is 0 Å². The molecule has 0 aliphatic rings. The number of unbranched alkanes of at least 4 members (excludes halogenated alkanes) is 2. The van der Waals surface area contributed by atoms with E-state index in [0.29, 0.717) is 12.3 Å². The van der Waals surface area contributed by atoms with E-state index in [1.165, 1.54) is 0 Å². The summed E-state index contributed by atoms with van der Waals surface area (Å²) in [5.41, 5.74) is 0. The Balaban J connectivity index is -0.000000180. The molecule has 0 N–H and O–H groups in total. The molecule has 4 nitrogen and oxygen atoms in total. The Labute approximate surface area is 104 Å². The summed E-state index contributed by atoms with van der Waals surface area (Å²) in [4.78, 5) is 19.7. The first-order valence-corrected chi connectivity index (χ1v) is 7.99. The SMILES string of the molecule is CCCC[PH](=O)[O-].CCCC[PH](=O)[O-].[Ni+2]. The molecule has 7 heteroatoms. The molecule has 0 aromatic carbocycles. The van der Waals surface area contributed by atoms with Crippen molar-refractivity contribution in [3.05, 3.63) is 0 Å². The molecule has 0 rings (SSSR count). The van der Waals surface area contributed by atoms with Gasteiger partial charge in [0.2, 0.25) is 0 Å². The van der Waals surface area contributed by atoms with Gasteiger partial charge in [-0.3, -0.25) is 0 Å². The van der Waals surface area contributed by atoms with Gasteiger partial charge in [0, 0.05) is 16.1 Å². The van der Waals surface area contributed by atoms with Gasteiger partial charge in [0.1, 0.15) is 0 Å². The van der Waals surface area contributed by atoms with Gasteiger partial charge in [-0.2, -0.15) is 0 Å². The molecule has 0 aliphatic carbocycles. The second kappa shape index (κ2) is 17.3. The number of rotatable bonds is 6. The zero-order chi connectivity index (χ0) is 11.4. The first-order chi connectivity index (χ1) is 6.54. The van der Waals surface area contributed by atoms with Crippen molar-refractivity contribution in [2.24, 2.45) is 0 Å². The molecule has 0 fully saturated rings. The normalized spacial score (nSPS) is 13.1. The Bertz CT molecular complexity index is 149. The molecule has 2 unspecified atom stereocenters. The van der Waals surface area contributed by atoms with Gasteiger partial charge in [0.05, 0.1) is 0 Å². The second-order valence-corrected chi connectivity index (χ2v) is 5.44. The average molecular weight is 301 g/mol. The van der Waals surface area contributed by atoms with Crippen LogP contribution in [0.15, 0.2) is 0 Å². The fourth-order valence-electron chi connectivity index (χ4n) is 0.642. The third-order valence-electron chi connectivity index (χ3n) is 1.47. The minimum Gasteiger partial charge on any atom is -0.802 e. The van der Waals surface area contributed by atoms with Crippen molar-refractivity contribution in [3.8, 4) is 0 Å². The Morgan fingerprint density at radius 3 is 1.20 bits per heavy atom. The largest absolute Gasteiger partial charge is 2.00 e. The molecule has 2 atom stereocenters. The molecule has 0 heterocycles. The maximum atomic E-state index is 9.83. The van der Waals surface area contributed by atoms with E-state index in [1.807, 2.05) is 13.8 Å². The van der Waals surface area contributed by atoms with Gasteiger partial charge in [0.25, 0.3) is 0 Å². The van der Waals surface area contributed by atoms with Crippen LogP contribution < -0.4 is 9.79 Å². The van der Waals surface area contributed by atoms with Gasteiger partial charge in [-0.1, -0.05) is 26.7 Å². The molecular formula is C8H20NiO4P2. The summed E-state index contributed by atoms with van der Waals surface area (Å²) in [5.74, 6) is 0. The van der Waals surface area contributed by atoms with Crippen LogP contribution in [-0.4, -0.2) is 12.3 Å². The summed E-state index contributed by atoms with van der Waals surface area (Å²) in [6.45, 7) is 3.95. The second-order valence-electron chi connectivity index (χ2n) is 2.95. The van der Waals surface area contributed by atoms with E-state index in [1.54, 1.807) is 0 Å². The van der Waals surface area contributed by atoms with Crippen LogP contribution in [0.3, 0.4) is 0 Å². The topological polar surface area (TPSA) is 80.3 Å². The van der Waals surface area contributed by atoms with E-state index in [4.69, 9.17) is 0 Å². The molecule has 0 amide bonds. The summed E-state index contributed by atoms with van der Waals surface area (Å²) in [5, 5.41) is 0. The van der Waals surface area contributed by atoms with Gasteiger partial charge in [-0.05, 0) is 25.2 Å². The van der Waals surface area contributed by atoms with Gasteiger partial charge < -0.3 is 18.9 Å². The Morgan fingerprint density at radius 1 is 0.867 bits per heavy atom. The summed E-state index contributed by atoms with van der Waals surface area (Å²) in [6.07, 6.45) is 4.36. The van der Waals surface area contributed by atoms with E-state index in [0.717, 1.165) is 25.7 Å². The van der Waals surface area contributed by atoms with E-state index < -0.39 is 16.1 Å². The van der Waals surface area contributed by atoms with Crippen LogP contribution in [0.5, 0.6) is 0 Å². The van der Waals surface area contributed by atoms with Crippen LogP contribution in [0, 0.1) is 0 Å². The molecule has 0 aromatic rings. The predicted molar refractivity (Wildman–Crippen MR) is 57.6 cm³/mol. The van der Waals surface area contributed by atoms with E-state index >= 15 is 0 Å². The molecule has 96 valence electrons. The quantitative estimate of drug-likeness (QED) is 0.546. The maximum Gasteiger partial charge on any atom is 2.00 e. The number of hydrogen-bond donors (Lipinski definition) is 0. The fourth-order valence-corrected chi connectivity index (χ4v) is 1.93. The third kappa shape index (κ3) is 31.3. The molecule has 0 spiro atoms.